The summed E-state index contributed by atoms with van der Waals surface area (Å²) in [6, 6.07) is 6.60. The number of rotatable bonds is 6. The molecule has 0 spiro atoms. The van der Waals surface area contributed by atoms with E-state index >= 15 is 0 Å². The van der Waals surface area contributed by atoms with Gasteiger partial charge in [-0.25, -0.2) is 4.39 Å². The molecule has 0 fully saturated rings. The Balaban J connectivity index is 2.69. The van der Waals surface area contributed by atoms with Gasteiger partial charge in [0.15, 0.2) is 18.2 Å². The normalized spacial score (nSPS) is 10.3. The fourth-order valence-corrected chi connectivity index (χ4v) is 1.45. The highest BCUT2D eigenvalue weighted by Crippen LogP contribution is 2.22. The zero-order valence-electron chi connectivity index (χ0n) is 10.2. The summed E-state index contributed by atoms with van der Waals surface area (Å²) in [5.41, 5.74) is 0.737. The largest absolute Gasteiger partial charge is 0.475 e. The second kappa shape index (κ2) is 6.87. The van der Waals surface area contributed by atoms with E-state index in [9.17, 15) is 4.39 Å². The summed E-state index contributed by atoms with van der Waals surface area (Å²) in [6.07, 6.45) is 0. The Labute approximate surface area is 101 Å². The number of nitrogens with zero attached hydrogens (tertiary/aromatic N) is 1. The molecular formula is C13H17FN2O. The third-order valence-corrected chi connectivity index (χ3v) is 2.20. The molecule has 0 unspecified atom stereocenters. The van der Waals surface area contributed by atoms with Crippen molar-refractivity contribution >= 4 is 0 Å². The number of benzene rings is 1. The van der Waals surface area contributed by atoms with Crippen molar-refractivity contribution in [2.24, 2.45) is 5.92 Å². The van der Waals surface area contributed by atoms with E-state index in [4.69, 9.17) is 10.00 Å². The maximum absolute atomic E-state index is 13.5. The second-order valence-corrected chi connectivity index (χ2v) is 4.20. The first kappa shape index (κ1) is 13.5. The maximum atomic E-state index is 13.5. The zero-order valence-corrected chi connectivity index (χ0v) is 10.2. The third-order valence-electron chi connectivity index (χ3n) is 2.20. The van der Waals surface area contributed by atoms with Gasteiger partial charge < -0.3 is 10.1 Å². The summed E-state index contributed by atoms with van der Waals surface area (Å²) in [5, 5.41) is 11.7. The van der Waals surface area contributed by atoms with Crippen LogP contribution in [0.4, 0.5) is 4.39 Å². The van der Waals surface area contributed by atoms with Crippen molar-refractivity contribution in [2.75, 3.05) is 13.2 Å². The minimum absolute atomic E-state index is 0.141. The number of ether oxygens (including phenoxy) is 1. The van der Waals surface area contributed by atoms with Crippen LogP contribution >= 0.6 is 0 Å². The molecule has 0 aromatic heterocycles. The van der Waals surface area contributed by atoms with Crippen LogP contribution in [0.25, 0.3) is 0 Å². The van der Waals surface area contributed by atoms with Crippen LogP contribution in [0.15, 0.2) is 18.2 Å². The van der Waals surface area contributed by atoms with Crippen LogP contribution in [0.1, 0.15) is 19.4 Å². The van der Waals surface area contributed by atoms with Gasteiger partial charge in [-0.05, 0) is 18.5 Å². The monoisotopic (exact) mass is 236 g/mol. The first-order chi connectivity index (χ1) is 8.15. The van der Waals surface area contributed by atoms with Crippen molar-refractivity contribution in [1.82, 2.24) is 5.32 Å². The molecule has 1 aromatic rings. The number of para-hydroxylation sites is 1. The molecule has 0 aliphatic carbocycles. The molecule has 0 saturated heterocycles. The lowest BCUT2D eigenvalue weighted by molar-refractivity contribution is 0.340. The van der Waals surface area contributed by atoms with E-state index in [0.717, 1.165) is 12.1 Å². The molecule has 3 nitrogen and oxygen atoms in total. The van der Waals surface area contributed by atoms with Gasteiger partial charge in [0.25, 0.3) is 0 Å². The second-order valence-electron chi connectivity index (χ2n) is 4.20. The lowest BCUT2D eigenvalue weighted by Crippen LogP contribution is -2.19. The van der Waals surface area contributed by atoms with E-state index in [-0.39, 0.29) is 12.4 Å². The van der Waals surface area contributed by atoms with E-state index in [1.165, 1.54) is 6.07 Å². The molecule has 0 aliphatic heterocycles. The number of hydrogen-bond acceptors (Lipinski definition) is 3. The van der Waals surface area contributed by atoms with Crippen LogP contribution in [0, 0.1) is 23.1 Å². The molecule has 0 heterocycles. The molecule has 0 aliphatic rings. The molecule has 17 heavy (non-hydrogen) atoms. The fraction of sp³-hybridized carbons (Fsp3) is 0.462. The summed E-state index contributed by atoms with van der Waals surface area (Å²) in [5.74, 6) is 0.279. The summed E-state index contributed by atoms with van der Waals surface area (Å²) in [4.78, 5) is 0. The van der Waals surface area contributed by atoms with Crippen molar-refractivity contribution in [1.29, 1.82) is 5.26 Å². The molecule has 1 rings (SSSR count). The molecular weight excluding hydrogens is 219 g/mol. The predicted octanol–water partition coefficient (Wildman–Crippen LogP) is 2.47. The Hall–Kier alpha value is -1.60. The Kier molecular flexibility index (Phi) is 5.44. The molecule has 0 saturated carbocycles. The minimum Gasteiger partial charge on any atom is -0.475 e. The average Bonchev–Trinajstić information content (AvgIpc) is 2.28. The van der Waals surface area contributed by atoms with Crippen LogP contribution in [-0.4, -0.2) is 13.2 Å². The van der Waals surface area contributed by atoms with E-state index in [1.54, 1.807) is 12.1 Å². The molecule has 0 radical (unpaired) electrons. The lowest BCUT2D eigenvalue weighted by Gasteiger charge is -2.12. The quantitative estimate of drug-likeness (QED) is 0.825. The van der Waals surface area contributed by atoms with Gasteiger partial charge in [0.05, 0.1) is 0 Å². The number of halogens is 1. The topological polar surface area (TPSA) is 45.0 Å². The van der Waals surface area contributed by atoms with Gasteiger partial charge in [0, 0.05) is 12.1 Å². The van der Waals surface area contributed by atoms with Gasteiger partial charge in [-0.3, -0.25) is 0 Å². The van der Waals surface area contributed by atoms with Crippen molar-refractivity contribution in [3.63, 3.8) is 0 Å². The average molecular weight is 236 g/mol. The highest BCUT2D eigenvalue weighted by Gasteiger charge is 2.09. The van der Waals surface area contributed by atoms with Gasteiger partial charge in [0.2, 0.25) is 0 Å². The van der Waals surface area contributed by atoms with Gasteiger partial charge in [-0.2, -0.15) is 5.26 Å². The Morgan fingerprint density at radius 2 is 2.24 bits per heavy atom. The number of nitriles is 1. The fourth-order valence-electron chi connectivity index (χ4n) is 1.45. The van der Waals surface area contributed by atoms with Crippen LogP contribution in [0.3, 0.4) is 0 Å². The molecule has 1 N–H and O–H groups in total. The maximum Gasteiger partial charge on any atom is 0.174 e. The van der Waals surface area contributed by atoms with Crippen LogP contribution in [0.5, 0.6) is 5.75 Å². The SMILES string of the molecule is CC(C)CNCc1cccc(F)c1OCC#N. The van der Waals surface area contributed by atoms with E-state index < -0.39 is 5.82 Å². The first-order valence-corrected chi connectivity index (χ1v) is 5.63. The molecule has 1 aromatic carbocycles. The predicted molar refractivity (Wildman–Crippen MR) is 64.1 cm³/mol. The number of hydrogen-bond donors (Lipinski definition) is 1. The van der Waals surface area contributed by atoms with Gasteiger partial charge in [-0.1, -0.05) is 26.0 Å². The van der Waals surface area contributed by atoms with Crippen molar-refractivity contribution in [3.8, 4) is 11.8 Å². The van der Waals surface area contributed by atoms with Gasteiger partial charge >= 0.3 is 0 Å². The Morgan fingerprint density at radius 3 is 2.88 bits per heavy atom. The summed E-state index contributed by atoms with van der Waals surface area (Å²) >= 11 is 0. The molecule has 0 bridgehead atoms. The third kappa shape index (κ3) is 4.41. The van der Waals surface area contributed by atoms with Crippen molar-refractivity contribution in [2.45, 2.75) is 20.4 Å². The smallest absolute Gasteiger partial charge is 0.174 e. The lowest BCUT2D eigenvalue weighted by atomic mass is 10.1. The van der Waals surface area contributed by atoms with Crippen LogP contribution in [-0.2, 0) is 6.54 Å². The minimum atomic E-state index is -0.427. The molecule has 92 valence electrons. The van der Waals surface area contributed by atoms with E-state index in [1.807, 2.05) is 6.07 Å². The summed E-state index contributed by atoms with van der Waals surface area (Å²) < 4.78 is 18.6. The summed E-state index contributed by atoms with van der Waals surface area (Å²) in [7, 11) is 0. The number of nitrogens with one attached hydrogen (secondary N) is 1. The van der Waals surface area contributed by atoms with Crippen molar-refractivity contribution in [3.05, 3.63) is 29.6 Å². The molecule has 0 amide bonds. The van der Waals surface area contributed by atoms with Crippen LogP contribution < -0.4 is 10.1 Å². The zero-order chi connectivity index (χ0) is 12.7. The highest BCUT2D eigenvalue weighted by molar-refractivity contribution is 5.35. The highest BCUT2D eigenvalue weighted by atomic mass is 19.1. The standard InChI is InChI=1S/C13H17FN2O/c1-10(2)8-16-9-11-4-3-5-12(14)13(11)17-7-6-15/h3-5,10,16H,7-9H2,1-2H3. The van der Waals surface area contributed by atoms with Crippen LogP contribution in [0.2, 0.25) is 0 Å². The first-order valence-electron chi connectivity index (χ1n) is 5.63. The molecule has 0 atom stereocenters. The Morgan fingerprint density at radius 1 is 1.47 bits per heavy atom. The summed E-state index contributed by atoms with van der Waals surface area (Å²) in [6.45, 7) is 5.46. The molecule has 4 heteroatoms. The van der Waals surface area contributed by atoms with E-state index in [2.05, 4.69) is 19.2 Å². The van der Waals surface area contributed by atoms with Gasteiger partial charge in [-0.15, -0.1) is 0 Å². The van der Waals surface area contributed by atoms with Gasteiger partial charge in [0.1, 0.15) is 6.07 Å². The van der Waals surface area contributed by atoms with Crippen molar-refractivity contribution < 1.29 is 9.13 Å². The van der Waals surface area contributed by atoms with E-state index in [0.29, 0.717) is 12.5 Å². The Bertz CT molecular complexity index is 399.